The molecule has 4 nitrogen and oxygen atoms in total. The summed E-state index contributed by atoms with van der Waals surface area (Å²) in [5.74, 6) is -0.269. The Morgan fingerprint density at radius 3 is 2.65 bits per heavy atom. The molecular weight excluding hydrogens is 218 g/mol. The van der Waals surface area contributed by atoms with E-state index in [4.69, 9.17) is 4.74 Å². The van der Waals surface area contributed by atoms with E-state index in [-0.39, 0.29) is 5.97 Å². The average molecular weight is 243 g/mol. The fourth-order valence-corrected chi connectivity index (χ4v) is 1.22. The molecule has 0 fully saturated rings. The van der Waals surface area contributed by atoms with Crippen LogP contribution in [-0.2, 0) is 14.3 Å². The third-order valence-electron chi connectivity index (χ3n) is 2.34. The lowest BCUT2D eigenvalue weighted by Gasteiger charge is -2.04. The topological polar surface area (TPSA) is 47.6 Å². The van der Waals surface area contributed by atoms with Crippen molar-refractivity contribution in [3.8, 4) is 0 Å². The molecule has 0 aliphatic heterocycles. The molecule has 0 aromatic heterocycles. The first kappa shape index (κ1) is 16.1. The van der Waals surface area contributed by atoms with E-state index in [1.165, 1.54) is 13.5 Å². The van der Waals surface area contributed by atoms with Crippen LogP contribution in [0.2, 0.25) is 0 Å². The van der Waals surface area contributed by atoms with Gasteiger partial charge in [0.25, 0.3) is 0 Å². The summed E-state index contributed by atoms with van der Waals surface area (Å²) in [6, 6.07) is 0. The van der Waals surface area contributed by atoms with Crippen molar-refractivity contribution in [2.75, 3.05) is 33.4 Å². The van der Waals surface area contributed by atoms with Gasteiger partial charge in [-0.1, -0.05) is 19.4 Å². The molecule has 0 aliphatic rings. The molecule has 0 aromatic rings. The Morgan fingerprint density at radius 1 is 1.29 bits per heavy atom. The molecule has 4 heteroatoms. The Kier molecular flexibility index (Phi) is 11.0. The largest absolute Gasteiger partial charge is 0.466 e. The second-order valence-corrected chi connectivity index (χ2v) is 3.90. The van der Waals surface area contributed by atoms with Gasteiger partial charge >= 0.3 is 5.97 Å². The summed E-state index contributed by atoms with van der Waals surface area (Å²) in [7, 11) is 1.39. The molecule has 0 radical (unpaired) electrons. The van der Waals surface area contributed by atoms with Gasteiger partial charge < -0.3 is 14.8 Å². The van der Waals surface area contributed by atoms with Gasteiger partial charge in [0, 0.05) is 25.3 Å². The number of unbranched alkanes of at least 4 members (excludes halogenated alkanes) is 1. The third-order valence-corrected chi connectivity index (χ3v) is 2.34. The van der Waals surface area contributed by atoms with E-state index in [9.17, 15) is 4.79 Å². The highest BCUT2D eigenvalue weighted by Gasteiger charge is 2.00. The molecule has 0 spiro atoms. The molecule has 0 saturated carbocycles. The van der Waals surface area contributed by atoms with Gasteiger partial charge in [0.05, 0.1) is 7.11 Å². The highest BCUT2D eigenvalue weighted by molar-refractivity contribution is 5.87. The molecular formula is C13H25NO3. The first-order chi connectivity index (χ1) is 8.22. The smallest absolute Gasteiger partial charge is 0.333 e. The molecule has 0 aromatic carbocycles. The minimum absolute atomic E-state index is 0.269. The zero-order valence-electron chi connectivity index (χ0n) is 11.3. The Balaban J connectivity index is 3.31. The van der Waals surface area contributed by atoms with E-state index >= 15 is 0 Å². The molecule has 100 valence electrons. The quantitative estimate of drug-likeness (QED) is 0.362. The number of hydrogen-bond acceptors (Lipinski definition) is 4. The Morgan fingerprint density at radius 2 is 2.00 bits per heavy atom. The average Bonchev–Trinajstić information content (AvgIpc) is 2.35. The second-order valence-electron chi connectivity index (χ2n) is 3.90. The number of carbonyl (C=O) groups excluding carboxylic acids is 1. The maximum Gasteiger partial charge on any atom is 0.333 e. The molecule has 0 unspecified atom stereocenters. The van der Waals surface area contributed by atoms with Crippen LogP contribution in [0.3, 0.4) is 0 Å². The van der Waals surface area contributed by atoms with E-state index in [1.807, 2.05) is 6.08 Å². The van der Waals surface area contributed by atoms with Crippen molar-refractivity contribution < 1.29 is 14.3 Å². The number of hydrogen-bond donors (Lipinski definition) is 1. The predicted octanol–water partition coefficient (Wildman–Crippen LogP) is 1.90. The number of carbonyl (C=O) groups is 1. The van der Waals surface area contributed by atoms with Gasteiger partial charge in [-0.3, -0.25) is 0 Å². The van der Waals surface area contributed by atoms with E-state index in [0.29, 0.717) is 12.1 Å². The van der Waals surface area contributed by atoms with Crippen molar-refractivity contribution in [3.05, 3.63) is 11.6 Å². The number of esters is 1. The first-order valence-electron chi connectivity index (χ1n) is 6.25. The zero-order valence-corrected chi connectivity index (χ0v) is 11.3. The predicted molar refractivity (Wildman–Crippen MR) is 69.0 cm³/mol. The van der Waals surface area contributed by atoms with Gasteiger partial charge in [-0.05, 0) is 26.3 Å². The fraction of sp³-hybridized carbons (Fsp3) is 0.769. The van der Waals surface area contributed by atoms with Crippen LogP contribution in [0.5, 0.6) is 0 Å². The third kappa shape index (κ3) is 10.0. The summed E-state index contributed by atoms with van der Waals surface area (Å²) >= 11 is 0. The number of methoxy groups -OCH3 is 1. The molecule has 0 amide bonds. The molecule has 0 bridgehead atoms. The lowest BCUT2D eigenvalue weighted by atomic mass is 10.3. The summed E-state index contributed by atoms with van der Waals surface area (Å²) in [6.45, 7) is 7.15. The fourth-order valence-electron chi connectivity index (χ4n) is 1.22. The van der Waals surface area contributed by atoms with Crippen molar-refractivity contribution in [3.63, 3.8) is 0 Å². The Bertz CT molecular complexity index is 227. The number of ether oxygens (including phenoxy) is 2. The molecule has 0 rings (SSSR count). The molecule has 0 heterocycles. The van der Waals surface area contributed by atoms with Crippen molar-refractivity contribution in [2.45, 2.75) is 33.1 Å². The van der Waals surface area contributed by atoms with E-state index < -0.39 is 0 Å². The van der Waals surface area contributed by atoms with Crippen LogP contribution in [0.4, 0.5) is 0 Å². The zero-order chi connectivity index (χ0) is 12.9. The van der Waals surface area contributed by atoms with Crippen molar-refractivity contribution in [1.82, 2.24) is 5.32 Å². The highest BCUT2D eigenvalue weighted by Crippen LogP contribution is 1.94. The summed E-state index contributed by atoms with van der Waals surface area (Å²) in [6.07, 6.45) is 5.14. The molecule has 0 atom stereocenters. The standard InChI is InChI=1S/C13H25NO3/c1-4-5-10-17-11-6-8-14-9-7-12(2)13(15)16-3/h7,14H,4-6,8-11H2,1-3H3/b12-7-. The molecule has 1 N–H and O–H groups in total. The monoisotopic (exact) mass is 243 g/mol. The summed E-state index contributed by atoms with van der Waals surface area (Å²) in [5, 5.41) is 3.22. The van der Waals surface area contributed by atoms with Crippen LogP contribution in [0.25, 0.3) is 0 Å². The van der Waals surface area contributed by atoms with E-state index in [2.05, 4.69) is 17.0 Å². The van der Waals surface area contributed by atoms with Gasteiger partial charge in [-0.25, -0.2) is 4.79 Å². The molecule has 0 aliphatic carbocycles. The van der Waals surface area contributed by atoms with Crippen LogP contribution in [0.15, 0.2) is 11.6 Å². The van der Waals surface area contributed by atoms with Crippen molar-refractivity contribution in [1.29, 1.82) is 0 Å². The van der Waals surface area contributed by atoms with Crippen LogP contribution in [-0.4, -0.2) is 39.4 Å². The van der Waals surface area contributed by atoms with Gasteiger partial charge in [-0.15, -0.1) is 0 Å². The lowest BCUT2D eigenvalue weighted by Crippen LogP contribution is -2.18. The van der Waals surface area contributed by atoms with E-state index in [1.54, 1.807) is 6.92 Å². The summed E-state index contributed by atoms with van der Waals surface area (Å²) in [5.41, 5.74) is 0.638. The lowest BCUT2D eigenvalue weighted by molar-refractivity contribution is -0.136. The SMILES string of the molecule is CCCCOCCCNC/C=C(/C)C(=O)OC. The van der Waals surface area contributed by atoms with Crippen molar-refractivity contribution >= 4 is 5.97 Å². The van der Waals surface area contributed by atoms with Crippen LogP contribution < -0.4 is 5.32 Å². The minimum Gasteiger partial charge on any atom is -0.466 e. The van der Waals surface area contributed by atoms with Gasteiger partial charge in [0.15, 0.2) is 0 Å². The Hall–Kier alpha value is -0.870. The first-order valence-corrected chi connectivity index (χ1v) is 6.25. The van der Waals surface area contributed by atoms with E-state index in [0.717, 1.165) is 32.6 Å². The van der Waals surface area contributed by atoms with Crippen LogP contribution in [0.1, 0.15) is 33.1 Å². The normalized spacial score (nSPS) is 11.6. The minimum atomic E-state index is -0.269. The Labute approximate surface area is 104 Å². The number of rotatable bonds is 10. The summed E-state index contributed by atoms with van der Waals surface area (Å²) in [4.78, 5) is 11.0. The van der Waals surface area contributed by atoms with Gasteiger partial charge in [-0.2, -0.15) is 0 Å². The summed E-state index contributed by atoms with van der Waals surface area (Å²) < 4.78 is 10.0. The maximum atomic E-state index is 11.0. The second kappa shape index (κ2) is 11.6. The molecule has 17 heavy (non-hydrogen) atoms. The van der Waals surface area contributed by atoms with Crippen molar-refractivity contribution in [2.24, 2.45) is 0 Å². The highest BCUT2D eigenvalue weighted by atomic mass is 16.5. The molecule has 0 saturated heterocycles. The number of nitrogens with one attached hydrogen (secondary N) is 1. The van der Waals surface area contributed by atoms with Gasteiger partial charge in [0.2, 0.25) is 0 Å². The maximum absolute atomic E-state index is 11.0. The van der Waals surface area contributed by atoms with Crippen LogP contribution >= 0.6 is 0 Å². The van der Waals surface area contributed by atoms with Gasteiger partial charge in [0.1, 0.15) is 0 Å². The van der Waals surface area contributed by atoms with Crippen LogP contribution in [0, 0.1) is 0 Å².